The average molecular weight is 398 g/mol. The Morgan fingerprint density at radius 3 is 1.39 bits per heavy atom. The van der Waals surface area contributed by atoms with Crippen LogP contribution in [-0.2, 0) is 38.0 Å². The van der Waals surface area contributed by atoms with Gasteiger partial charge in [-0.25, -0.2) is 0 Å². The highest BCUT2D eigenvalue weighted by Gasteiger charge is 2.81. The minimum Gasteiger partial charge on any atom is -0.465 e. The second-order valence-corrected chi connectivity index (χ2v) is 8.07. The molecule has 0 aromatic carbocycles. The van der Waals surface area contributed by atoms with E-state index >= 15 is 0 Å². The van der Waals surface area contributed by atoms with Crippen LogP contribution in [0.25, 0.3) is 0 Å². The van der Waals surface area contributed by atoms with Crippen molar-refractivity contribution < 1.29 is 38.0 Å². The number of carbonyl (C=O) groups excluding carboxylic acids is 2. The predicted octanol–water partition coefficient (Wildman–Crippen LogP) is 1.94. The van der Waals surface area contributed by atoms with Crippen molar-refractivity contribution in [2.45, 2.75) is 63.9 Å². The van der Waals surface area contributed by atoms with Crippen LogP contribution in [-0.4, -0.2) is 63.2 Å². The SMILES string of the molecule is CCOC(=O)C12CCC(C(=O)OCC)(CC13OCCCO3)C1(C2)OCCCO1. The Balaban J connectivity index is 1.83. The fraction of sp³-hybridized carbons (Fsp3) is 0.900. The van der Waals surface area contributed by atoms with E-state index in [1.54, 1.807) is 13.8 Å². The maximum atomic E-state index is 13.3. The third-order valence-electron chi connectivity index (χ3n) is 6.76. The molecule has 8 nitrogen and oxygen atoms in total. The molecule has 2 atom stereocenters. The number of esters is 2. The summed E-state index contributed by atoms with van der Waals surface area (Å²) >= 11 is 0. The minimum absolute atomic E-state index is 0.164. The highest BCUT2D eigenvalue weighted by atomic mass is 16.7. The lowest BCUT2D eigenvalue weighted by atomic mass is 9.47. The Morgan fingerprint density at radius 2 is 1.07 bits per heavy atom. The molecule has 5 aliphatic rings. The quantitative estimate of drug-likeness (QED) is 0.664. The molecular weight excluding hydrogens is 368 g/mol. The number of hydrogen-bond acceptors (Lipinski definition) is 8. The Kier molecular flexibility index (Phi) is 5.18. The van der Waals surface area contributed by atoms with Crippen LogP contribution in [0, 0.1) is 10.8 Å². The standard InChI is InChI=1S/C20H30O8/c1-3-23-15(21)17-7-8-18(16(22)24-4-2,14-19(17)25-9-5-10-26-19)20(13-17)27-11-6-12-28-20/h3-14H2,1-2H3. The van der Waals surface area contributed by atoms with E-state index in [9.17, 15) is 9.59 Å². The van der Waals surface area contributed by atoms with Gasteiger partial charge in [-0.2, -0.15) is 0 Å². The average Bonchev–Trinajstić information content (AvgIpc) is 2.71. The van der Waals surface area contributed by atoms with Crippen LogP contribution >= 0.6 is 0 Å². The lowest BCUT2D eigenvalue weighted by Gasteiger charge is -2.67. The van der Waals surface area contributed by atoms with Gasteiger partial charge in [0, 0.05) is 12.8 Å². The van der Waals surface area contributed by atoms with Crippen molar-refractivity contribution >= 4 is 11.9 Å². The second kappa shape index (κ2) is 7.23. The Bertz CT molecular complexity index is 568. The molecule has 2 unspecified atom stereocenters. The van der Waals surface area contributed by atoms with E-state index in [2.05, 4.69) is 0 Å². The van der Waals surface area contributed by atoms with Crippen molar-refractivity contribution in [2.24, 2.45) is 10.8 Å². The van der Waals surface area contributed by atoms with Gasteiger partial charge in [-0.05, 0) is 39.5 Å². The van der Waals surface area contributed by atoms with Gasteiger partial charge in [-0.3, -0.25) is 9.59 Å². The number of carbonyl (C=O) groups is 2. The molecule has 8 heteroatoms. The fourth-order valence-corrected chi connectivity index (χ4v) is 5.49. The minimum atomic E-state index is -1.22. The third kappa shape index (κ3) is 2.57. The van der Waals surface area contributed by atoms with E-state index in [1.807, 2.05) is 0 Å². The molecular formula is C20H30O8. The molecule has 3 saturated carbocycles. The summed E-state index contributed by atoms with van der Waals surface area (Å²) in [6.07, 6.45) is 2.62. The Labute approximate surface area is 165 Å². The first-order chi connectivity index (χ1) is 13.5. The van der Waals surface area contributed by atoms with Crippen molar-refractivity contribution in [1.82, 2.24) is 0 Å². The summed E-state index contributed by atoms with van der Waals surface area (Å²) in [5, 5.41) is 0. The van der Waals surface area contributed by atoms with Gasteiger partial charge in [-0.15, -0.1) is 0 Å². The first kappa shape index (κ1) is 20.1. The third-order valence-corrected chi connectivity index (χ3v) is 6.76. The smallest absolute Gasteiger partial charge is 0.317 e. The van der Waals surface area contributed by atoms with Gasteiger partial charge in [-0.1, -0.05) is 0 Å². The fourth-order valence-electron chi connectivity index (χ4n) is 5.49. The molecule has 5 fully saturated rings. The van der Waals surface area contributed by atoms with Gasteiger partial charge < -0.3 is 28.4 Å². The van der Waals surface area contributed by atoms with Crippen LogP contribution in [0.1, 0.15) is 52.4 Å². The molecule has 2 aliphatic heterocycles. The molecule has 3 aliphatic carbocycles. The zero-order valence-electron chi connectivity index (χ0n) is 16.8. The largest absolute Gasteiger partial charge is 0.465 e. The number of rotatable bonds is 4. The van der Waals surface area contributed by atoms with Crippen LogP contribution in [0.3, 0.4) is 0 Å². The van der Waals surface area contributed by atoms with E-state index in [1.165, 1.54) is 0 Å². The van der Waals surface area contributed by atoms with Crippen LogP contribution in [0.2, 0.25) is 0 Å². The summed E-state index contributed by atoms with van der Waals surface area (Å²) in [6, 6.07) is 0. The molecule has 2 spiro atoms. The van der Waals surface area contributed by atoms with E-state index in [4.69, 9.17) is 28.4 Å². The van der Waals surface area contributed by atoms with Crippen LogP contribution in [0.5, 0.6) is 0 Å². The van der Waals surface area contributed by atoms with Gasteiger partial charge in [0.15, 0.2) is 11.6 Å². The zero-order chi connectivity index (χ0) is 19.9. The molecule has 2 saturated heterocycles. The van der Waals surface area contributed by atoms with Crippen LogP contribution in [0.15, 0.2) is 0 Å². The Hall–Kier alpha value is -1.22. The Morgan fingerprint density at radius 1 is 0.714 bits per heavy atom. The summed E-state index contributed by atoms with van der Waals surface area (Å²) < 4.78 is 35.6. The molecule has 0 N–H and O–H groups in total. The normalized spacial score (nSPS) is 35.6. The monoisotopic (exact) mass is 398 g/mol. The molecule has 158 valence electrons. The topological polar surface area (TPSA) is 89.5 Å². The molecule has 2 bridgehead atoms. The summed E-state index contributed by atoms with van der Waals surface area (Å²) in [5.41, 5.74) is -2.15. The number of fused-ring (bicyclic) bond motifs is 1. The maximum absolute atomic E-state index is 13.3. The molecule has 0 amide bonds. The highest BCUT2D eigenvalue weighted by Crippen LogP contribution is 2.69. The lowest BCUT2D eigenvalue weighted by Crippen LogP contribution is -2.77. The number of ether oxygens (including phenoxy) is 6. The van der Waals surface area contributed by atoms with E-state index in [-0.39, 0.29) is 38.0 Å². The first-order valence-corrected chi connectivity index (χ1v) is 10.4. The summed E-state index contributed by atoms with van der Waals surface area (Å²) in [7, 11) is 0. The second-order valence-electron chi connectivity index (χ2n) is 8.07. The number of hydrogen-bond donors (Lipinski definition) is 0. The van der Waals surface area contributed by atoms with Gasteiger partial charge in [0.05, 0.1) is 39.6 Å². The summed E-state index contributed by atoms with van der Waals surface area (Å²) in [4.78, 5) is 26.5. The molecule has 28 heavy (non-hydrogen) atoms. The van der Waals surface area contributed by atoms with Gasteiger partial charge in [0.25, 0.3) is 0 Å². The molecule has 2 heterocycles. The molecule has 0 aromatic heterocycles. The zero-order valence-corrected chi connectivity index (χ0v) is 16.8. The summed E-state index contributed by atoms with van der Waals surface area (Å²) in [5.74, 6) is -3.19. The van der Waals surface area contributed by atoms with Crippen molar-refractivity contribution in [1.29, 1.82) is 0 Å². The van der Waals surface area contributed by atoms with Gasteiger partial charge in [0.1, 0.15) is 10.8 Å². The first-order valence-electron chi connectivity index (χ1n) is 10.4. The van der Waals surface area contributed by atoms with Gasteiger partial charge >= 0.3 is 11.9 Å². The molecule has 0 aromatic rings. The predicted molar refractivity (Wildman–Crippen MR) is 95.1 cm³/mol. The van der Waals surface area contributed by atoms with Crippen LogP contribution in [0.4, 0.5) is 0 Å². The maximum Gasteiger partial charge on any atom is 0.317 e. The van der Waals surface area contributed by atoms with E-state index < -0.39 is 22.4 Å². The van der Waals surface area contributed by atoms with Crippen molar-refractivity contribution in [2.75, 3.05) is 39.6 Å². The van der Waals surface area contributed by atoms with Crippen molar-refractivity contribution in [3.8, 4) is 0 Å². The van der Waals surface area contributed by atoms with Crippen LogP contribution < -0.4 is 0 Å². The summed E-state index contributed by atoms with van der Waals surface area (Å²) in [6.45, 7) is 5.94. The lowest BCUT2D eigenvalue weighted by molar-refractivity contribution is -0.434. The highest BCUT2D eigenvalue weighted by molar-refractivity contribution is 5.84. The van der Waals surface area contributed by atoms with E-state index in [0.29, 0.717) is 39.3 Å². The molecule has 0 radical (unpaired) electrons. The van der Waals surface area contributed by atoms with Crippen molar-refractivity contribution in [3.05, 3.63) is 0 Å². The molecule has 5 rings (SSSR count). The van der Waals surface area contributed by atoms with Crippen molar-refractivity contribution in [3.63, 3.8) is 0 Å². The van der Waals surface area contributed by atoms with Gasteiger partial charge in [0.2, 0.25) is 0 Å². The van der Waals surface area contributed by atoms with E-state index in [0.717, 1.165) is 12.8 Å².